The normalized spacial score (nSPS) is 10.4. The van der Waals surface area contributed by atoms with E-state index in [1.807, 2.05) is 6.92 Å². The summed E-state index contributed by atoms with van der Waals surface area (Å²) < 4.78 is 5.27. The van der Waals surface area contributed by atoms with E-state index in [-0.39, 0.29) is 17.9 Å². The van der Waals surface area contributed by atoms with Crippen LogP contribution in [-0.2, 0) is 0 Å². The molecule has 0 saturated heterocycles. The van der Waals surface area contributed by atoms with Gasteiger partial charge in [0.05, 0.1) is 6.61 Å². The second-order valence-electron chi connectivity index (χ2n) is 2.94. The van der Waals surface area contributed by atoms with Gasteiger partial charge in [-0.3, -0.25) is 0 Å². The molecule has 1 rings (SSSR count). The van der Waals surface area contributed by atoms with E-state index in [9.17, 15) is 0 Å². The first-order valence-electron chi connectivity index (χ1n) is 5.04. The molecule has 5 nitrogen and oxygen atoms in total. The number of aliphatic hydroxyl groups is 1. The maximum atomic E-state index is 8.65. The summed E-state index contributed by atoms with van der Waals surface area (Å²) in [5.74, 6) is 0.740. The van der Waals surface area contributed by atoms with Gasteiger partial charge in [-0.25, -0.2) is 0 Å². The van der Waals surface area contributed by atoms with E-state index < -0.39 is 0 Å². The Morgan fingerprint density at radius 2 is 2.19 bits per heavy atom. The molecule has 1 aromatic rings. The number of nitrogens with zero attached hydrogens (tertiary/aromatic N) is 3. The van der Waals surface area contributed by atoms with Gasteiger partial charge in [0.25, 0.3) is 0 Å². The van der Waals surface area contributed by atoms with E-state index in [1.165, 1.54) is 11.8 Å². The summed E-state index contributed by atoms with van der Waals surface area (Å²) in [6.45, 7) is 2.71. The molecule has 1 N–H and O–H groups in total. The number of rotatable bonds is 7. The van der Waals surface area contributed by atoms with Crippen LogP contribution in [0.5, 0.6) is 6.01 Å². The topological polar surface area (TPSA) is 68.1 Å². The Kier molecular flexibility index (Phi) is 6.44. The van der Waals surface area contributed by atoms with Crippen LogP contribution in [0, 0.1) is 0 Å². The SMILES string of the molecule is CCCOc1nc(Cl)nc(SCCCO)n1. The van der Waals surface area contributed by atoms with Crippen molar-refractivity contribution in [2.24, 2.45) is 0 Å². The fraction of sp³-hybridized carbons (Fsp3) is 0.667. The van der Waals surface area contributed by atoms with Crippen LogP contribution in [-0.4, -0.2) is 39.0 Å². The first-order chi connectivity index (χ1) is 7.76. The molecule has 0 bridgehead atoms. The number of halogens is 1. The molecule has 0 amide bonds. The predicted octanol–water partition coefficient (Wildman–Crippen LogP) is 1.79. The number of hydrogen-bond donors (Lipinski definition) is 1. The molecule has 0 fully saturated rings. The first-order valence-corrected chi connectivity index (χ1v) is 6.40. The molecule has 0 atom stereocenters. The van der Waals surface area contributed by atoms with Gasteiger partial charge in [-0.1, -0.05) is 18.7 Å². The van der Waals surface area contributed by atoms with Gasteiger partial charge in [-0.05, 0) is 24.4 Å². The van der Waals surface area contributed by atoms with Crippen molar-refractivity contribution in [3.8, 4) is 6.01 Å². The lowest BCUT2D eigenvalue weighted by Crippen LogP contribution is -2.02. The van der Waals surface area contributed by atoms with Gasteiger partial charge in [0.2, 0.25) is 5.28 Å². The second-order valence-corrected chi connectivity index (χ2v) is 4.34. The molecule has 0 saturated carbocycles. The lowest BCUT2D eigenvalue weighted by atomic mass is 10.5. The van der Waals surface area contributed by atoms with Crippen LogP contribution in [0.1, 0.15) is 19.8 Å². The summed E-state index contributed by atoms with van der Waals surface area (Å²) in [6.07, 6.45) is 1.58. The Morgan fingerprint density at radius 3 is 2.88 bits per heavy atom. The van der Waals surface area contributed by atoms with Gasteiger partial charge in [0.15, 0.2) is 5.16 Å². The van der Waals surface area contributed by atoms with Crippen LogP contribution in [0.2, 0.25) is 5.28 Å². The maximum Gasteiger partial charge on any atom is 0.321 e. The first kappa shape index (κ1) is 13.5. The Bertz CT molecular complexity index is 328. The van der Waals surface area contributed by atoms with E-state index in [4.69, 9.17) is 21.4 Å². The van der Waals surface area contributed by atoms with Crippen molar-refractivity contribution >= 4 is 23.4 Å². The average molecular weight is 264 g/mol. The summed E-state index contributed by atoms with van der Waals surface area (Å²) in [5.41, 5.74) is 0. The maximum absolute atomic E-state index is 8.65. The van der Waals surface area contributed by atoms with Gasteiger partial charge in [0.1, 0.15) is 0 Å². The molecule has 16 heavy (non-hydrogen) atoms. The highest BCUT2D eigenvalue weighted by Crippen LogP contribution is 2.18. The van der Waals surface area contributed by atoms with Gasteiger partial charge in [-0.2, -0.15) is 15.0 Å². The number of thioether (sulfide) groups is 1. The highest BCUT2D eigenvalue weighted by molar-refractivity contribution is 7.99. The molecule has 1 aromatic heterocycles. The molecular weight excluding hydrogens is 250 g/mol. The van der Waals surface area contributed by atoms with Gasteiger partial charge in [0, 0.05) is 12.4 Å². The summed E-state index contributed by atoms with van der Waals surface area (Å²) in [5, 5.41) is 9.31. The third-order valence-electron chi connectivity index (χ3n) is 1.54. The summed E-state index contributed by atoms with van der Waals surface area (Å²) in [4.78, 5) is 11.9. The highest BCUT2D eigenvalue weighted by Gasteiger charge is 2.06. The average Bonchev–Trinajstić information content (AvgIpc) is 2.26. The second kappa shape index (κ2) is 7.65. The quantitative estimate of drug-likeness (QED) is 0.598. The van der Waals surface area contributed by atoms with Crippen molar-refractivity contribution in [1.82, 2.24) is 15.0 Å². The van der Waals surface area contributed by atoms with E-state index in [1.54, 1.807) is 0 Å². The molecule has 0 aromatic carbocycles. The Labute approximate surface area is 104 Å². The molecule has 0 aliphatic carbocycles. The third kappa shape index (κ3) is 4.96. The zero-order valence-corrected chi connectivity index (χ0v) is 10.6. The van der Waals surface area contributed by atoms with Gasteiger partial charge < -0.3 is 9.84 Å². The van der Waals surface area contributed by atoms with Crippen molar-refractivity contribution < 1.29 is 9.84 Å². The van der Waals surface area contributed by atoms with Crippen molar-refractivity contribution in [3.05, 3.63) is 5.28 Å². The smallest absolute Gasteiger partial charge is 0.321 e. The summed E-state index contributed by atoms with van der Waals surface area (Å²) in [7, 11) is 0. The van der Waals surface area contributed by atoms with E-state index >= 15 is 0 Å². The van der Waals surface area contributed by atoms with Crippen molar-refractivity contribution in [3.63, 3.8) is 0 Å². The van der Waals surface area contributed by atoms with Crippen molar-refractivity contribution in [1.29, 1.82) is 0 Å². The lowest BCUT2D eigenvalue weighted by Gasteiger charge is -2.04. The Balaban J connectivity index is 2.58. The fourth-order valence-corrected chi connectivity index (χ4v) is 1.82. The predicted molar refractivity (Wildman–Crippen MR) is 63.0 cm³/mol. The van der Waals surface area contributed by atoms with E-state index in [0.29, 0.717) is 18.2 Å². The van der Waals surface area contributed by atoms with E-state index in [2.05, 4.69) is 15.0 Å². The number of hydrogen-bond acceptors (Lipinski definition) is 6. The number of ether oxygens (including phenoxy) is 1. The summed E-state index contributed by atoms with van der Waals surface area (Å²) in [6, 6.07) is 0.258. The molecule has 7 heteroatoms. The molecule has 0 unspecified atom stereocenters. The largest absolute Gasteiger partial charge is 0.463 e. The van der Waals surface area contributed by atoms with Crippen LogP contribution in [0.3, 0.4) is 0 Å². The number of aromatic nitrogens is 3. The van der Waals surface area contributed by atoms with Gasteiger partial charge in [-0.15, -0.1) is 0 Å². The monoisotopic (exact) mass is 263 g/mol. The van der Waals surface area contributed by atoms with Crippen molar-refractivity contribution in [2.45, 2.75) is 24.9 Å². The standard InChI is InChI=1S/C9H14ClN3O2S/c1-2-5-15-8-11-7(10)12-9(13-8)16-6-3-4-14/h14H,2-6H2,1H3. The molecule has 0 aliphatic heterocycles. The minimum Gasteiger partial charge on any atom is -0.463 e. The van der Waals surface area contributed by atoms with Crippen LogP contribution in [0.25, 0.3) is 0 Å². The zero-order chi connectivity index (χ0) is 11.8. The van der Waals surface area contributed by atoms with Crippen LogP contribution in [0.4, 0.5) is 0 Å². The lowest BCUT2D eigenvalue weighted by molar-refractivity contribution is 0.288. The molecule has 1 heterocycles. The molecule has 0 spiro atoms. The van der Waals surface area contributed by atoms with Crippen molar-refractivity contribution in [2.75, 3.05) is 19.0 Å². The molecule has 90 valence electrons. The minimum absolute atomic E-state index is 0.132. The molecule has 0 radical (unpaired) electrons. The third-order valence-corrected chi connectivity index (χ3v) is 2.64. The zero-order valence-electron chi connectivity index (χ0n) is 9.02. The Hall–Kier alpha value is -0.590. The fourth-order valence-electron chi connectivity index (χ4n) is 0.865. The minimum atomic E-state index is 0.132. The van der Waals surface area contributed by atoms with Crippen LogP contribution in [0.15, 0.2) is 5.16 Å². The van der Waals surface area contributed by atoms with Crippen LogP contribution >= 0.6 is 23.4 Å². The number of aliphatic hydroxyl groups excluding tert-OH is 1. The van der Waals surface area contributed by atoms with E-state index in [0.717, 1.165) is 12.2 Å². The Morgan fingerprint density at radius 1 is 1.38 bits per heavy atom. The highest BCUT2D eigenvalue weighted by atomic mass is 35.5. The molecular formula is C9H14ClN3O2S. The van der Waals surface area contributed by atoms with Crippen LogP contribution < -0.4 is 4.74 Å². The summed E-state index contributed by atoms with van der Waals surface area (Å²) >= 11 is 7.16. The van der Waals surface area contributed by atoms with Gasteiger partial charge >= 0.3 is 6.01 Å². The molecule has 0 aliphatic rings.